The molecule has 2 atom stereocenters. The fourth-order valence-corrected chi connectivity index (χ4v) is 2.89. The quantitative estimate of drug-likeness (QED) is 0.869. The topological polar surface area (TPSA) is 21.3 Å². The standard InChI is InChI=1S/C16H14ClF2NO/c1-20-8-14-15(17)11-4-2-3-10(16(11)21-14)12-7-9(18)5-6-13(12)19/h2-7,14-15,20H,8H2,1H3. The van der Waals surface area contributed by atoms with Crippen LogP contribution in [-0.2, 0) is 0 Å². The molecule has 2 aromatic carbocycles. The Morgan fingerprint density at radius 1 is 1.19 bits per heavy atom. The van der Waals surface area contributed by atoms with Gasteiger partial charge in [-0.25, -0.2) is 8.78 Å². The average Bonchev–Trinajstić information content (AvgIpc) is 2.79. The second-order valence-corrected chi connectivity index (χ2v) is 5.43. The number of fused-ring (bicyclic) bond motifs is 1. The van der Waals surface area contributed by atoms with Crippen LogP contribution in [-0.4, -0.2) is 19.7 Å². The highest BCUT2D eigenvalue weighted by Gasteiger charge is 2.34. The number of benzene rings is 2. The molecule has 0 aliphatic carbocycles. The SMILES string of the molecule is CNCC1Oc2c(-c3cc(F)ccc3F)cccc2C1Cl. The number of nitrogens with one attached hydrogen (secondary N) is 1. The Morgan fingerprint density at radius 3 is 2.76 bits per heavy atom. The Morgan fingerprint density at radius 2 is 2.00 bits per heavy atom. The molecule has 0 amide bonds. The van der Waals surface area contributed by atoms with E-state index in [-0.39, 0.29) is 17.0 Å². The van der Waals surface area contributed by atoms with Crippen LogP contribution in [0.15, 0.2) is 36.4 Å². The largest absolute Gasteiger partial charge is 0.486 e. The van der Waals surface area contributed by atoms with Crippen LogP contribution in [0.25, 0.3) is 11.1 Å². The van der Waals surface area contributed by atoms with Gasteiger partial charge in [-0.05, 0) is 25.2 Å². The Bertz CT molecular complexity index is 677. The fourth-order valence-electron chi connectivity index (χ4n) is 2.58. The first-order valence-electron chi connectivity index (χ1n) is 6.65. The summed E-state index contributed by atoms with van der Waals surface area (Å²) in [5.74, 6) is -0.449. The zero-order valence-corrected chi connectivity index (χ0v) is 12.1. The van der Waals surface area contributed by atoms with Crippen LogP contribution in [0.5, 0.6) is 5.75 Å². The van der Waals surface area contributed by atoms with E-state index in [1.54, 1.807) is 12.1 Å². The maximum atomic E-state index is 14.0. The summed E-state index contributed by atoms with van der Waals surface area (Å²) in [7, 11) is 1.81. The Kier molecular flexibility index (Phi) is 3.83. The lowest BCUT2D eigenvalue weighted by Gasteiger charge is -2.13. The van der Waals surface area contributed by atoms with Gasteiger partial charge in [-0.15, -0.1) is 11.6 Å². The van der Waals surface area contributed by atoms with Gasteiger partial charge in [0.1, 0.15) is 28.9 Å². The highest BCUT2D eigenvalue weighted by atomic mass is 35.5. The molecule has 1 N–H and O–H groups in total. The van der Waals surface area contributed by atoms with Gasteiger partial charge in [-0.2, -0.15) is 0 Å². The zero-order chi connectivity index (χ0) is 15.0. The van der Waals surface area contributed by atoms with E-state index in [9.17, 15) is 8.78 Å². The van der Waals surface area contributed by atoms with Gasteiger partial charge in [0.05, 0.1) is 0 Å². The van der Waals surface area contributed by atoms with E-state index in [0.29, 0.717) is 17.9 Å². The molecule has 0 fully saturated rings. The summed E-state index contributed by atoms with van der Waals surface area (Å²) in [6.07, 6.45) is -0.232. The Hall–Kier alpha value is -1.65. The Labute approximate surface area is 126 Å². The summed E-state index contributed by atoms with van der Waals surface area (Å²) in [6, 6.07) is 8.71. The van der Waals surface area contributed by atoms with Crippen molar-refractivity contribution in [1.29, 1.82) is 0 Å². The van der Waals surface area contributed by atoms with Crippen molar-refractivity contribution >= 4 is 11.6 Å². The highest BCUT2D eigenvalue weighted by Crippen LogP contribution is 2.46. The molecule has 1 aliphatic rings. The van der Waals surface area contributed by atoms with Gasteiger partial charge in [0, 0.05) is 23.2 Å². The van der Waals surface area contributed by atoms with Gasteiger partial charge in [0.25, 0.3) is 0 Å². The zero-order valence-electron chi connectivity index (χ0n) is 11.4. The number of hydrogen-bond donors (Lipinski definition) is 1. The van der Waals surface area contributed by atoms with E-state index in [1.165, 1.54) is 6.07 Å². The maximum absolute atomic E-state index is 14.0. The minimum Gasteiger partial charge on any atom is -0.486 e. The molecule has 2 aromatic rings. The summed E-state index contributed by atoms with van der Waals surface area (Å²) in [5.41, 5.74) is 1.51. The molecule has 0 aromatic heterocycles. The van der Waals surface area contributed by atoms with Crippen molar-refractivity contribution in [2.75, 3.05) is 13.6 Å². The number of para-hydroxylation sites is 1. The molecule has 3 rings (SSSR count). The smallest absolute Gasteiger partial charge is 0.132 e. The first kappa shape index (κ1) is 14.3. The number of rotatable bonds is 3. The maximum Gasteiger partial charge on any atom is 0.132 e. The monoisotopic (exact) mass is 309 g/mol. The fraction of sp³-hybridized carbons (Fsp3) is 0.250. The first-order valence-corrected chi connectivity index (χ1v) is 7.09. The second-order valence-electron chi connectivity index (χ2n) is 4.96. The molecule has 21 heavy (non-hydrogen) atoms. The number of hydrogen-bond acceptors (Lipinski definition) is 2. The van der Waals surface area contributed by atoms with Crippen molar-refractivity contribution in [2.24, 2.45) is 0 Å². The predicted octanol–water partition coefficient (Wildman–Crippen LogP) is 3.89. The molecule has 0 saturated heterocycles. The second kappa shape index (κ2) is 5.62. The molecule has 5 heteroatoms. The summed E-state index contributed by atoms with van der Waals surface area (Å²) in [5, 5.41) is 2.70. The molecule has 0 saturated carbocycles. The van der Waals surface area contributed by atoms with Crippen LogP contribution in [0.4, 0.5) is 8.78 Å². The summed E-state index contributed by atoms with van der Waals surface area (Å²) in [4.78, 5) is 0. The number of ether oxygens (including phenoxy) is 1. The van der Waals surface area contributed by atoms with Crippen LogP contribution in [0.3, 0.4) is 0 Å². The molecule has 2 nitrogen and oxygen atoms in total. The Balaban J connectivity index is 2.10. The van der Waals surface area contributed by atoms with E-state index in [2.05, 4.69) is 5.32 Å². The van der Waals surface area contributed by atoms with E-state index in [1.807, 2.05) is 13.1 Å². The predicted molar refractivity (Wildman–Crippen MR) is 78.7 cm³/mol. The third-order valence-corrected chi connectivity index (χ3v) is 4.08. The van der Waals surface area contributed by atoms with E-state index in [4.69, 9.17) is 16.3 Å². The molecular formula is C16H14ClF2NO. The van der Waals surface area contributed by atoms with E-state index >= 15 is 0 Å². The van der Waals surface area contributed by atoms with Crippen molar-refractivity contribution in [3.05, 3.63) is 53.6 Å². The lowest BCUT2D eigenvalue weighted by molar-refractivity contribution is 0.227. The van der Waals surface area contributed by atoms with Gasteiger partial charge in [-0.3, -0.25) is 0 Å². The lowest BCUT2D eigenvalue weighted by atomic mass is 10.00. The molecule has 1 heterocycles. The normalized spacial score (nSPS) is 20.2. The minimum absolute atomic E-state index is 0.181. The summed E-state index contributed by atoms with van der Waals surface area (Å²) in [6.45, 7) is 0.577. The molecule has 0 bridgehead atoms. The number of alkyl halides is 1. The highest BCUT2D eigenvalue weighted by molar-refractivity contribution is 6.22. The van der Waals surface area contributed by atoms with Gasteiger partial charge in [0.15, 0.2) is 0 Å². The molecule has 110 valence electrons. The van der Waals surface area contributed by atoms with Gasteiger partial charge in [-0.1, -0.05) is 18.2 Å². The van der Waals surface area contributed by atoms with Crippen LogP contribution in [0.1, 0.15) is 10.9 Å². The van der Waals surface area contributed by atoms with Gasteiger partial charge >= 0.3 is 0 Å². The van der Waals surface area contributed by atoms with Crippen molar-refractivity contribution in [3.8, 4) is 16.9 Å². The van der Waals surface area contributed by atoms with Crippen molar-refractivity contribution in [3.63, 3.8) is 0 Å². The van der Waals surface area contributed by atoms with E-state index < -0.39 is 11.6 Å². The lowest BCUT2D eigenvalue weighted by Crippen LogP contribution is -2.28. The van der Waals surface area contributed by atoms with Crippen molar-refractivity contribution in [1.82, 2.24) is 5.32 Å². The number of likely N-dealkylation sites (N-methyl/N-ethyl adjacent to an activating group) is 1. The van der Waals surface area contributed by atoms with E-state index in [0.717, 1.165) is 17.7 Å². The molecule has 2 unspecified atom stereocenters. The molecule has 0 radical (unpaired) electrons. The van der Waals surface area contributed by atoms with Gasteiger partial charge < -0.3 is 10.1 Å². The summed E-state index contributed by atoms with van der Waals surface area (Å²) >= 11 is 6.39. The van der Waals surface area contributed by atoms with Crippen LogP contribution < -0.4 is 10.1 Å². The van der Waals surface area contributed by atoms with Crippen LogP contribution in [0, 0.1) is 11.6 Å². The number of halogens is 3. The minimum atomic E-state index is -0.490. The third-order valence-electron chi connectivity index (χ3n) is 3.56. The van der Waals surface area contributed by atoms with Crippen LogP contribution >= 0.6 is 11.6 Å². The van der Waals surface area contributed by atoms with Crippen LogP contribution in [0.2, 0.25) is 0 Å². The summed E-state index contributed by atoms with van der Waals surface area (Å²) < 4.78 is 33.3. The molecule has 0 spiro atoms. The first-order chi connectivity index (χ1) is 10.1. The third kappa shape index (κ3) is 2.49. The van der Waals surface area contributed by atoms with Gasteiger partial charge in [0.2, 0.25) is 0 Å². The average molecular weight is 310 g/mol. The van der Waals surface area contributed by atoms with Crippen molar-refractivity contribution < 1.29 is 13.5 Å². The molecular weight excluding hydrogens is 296 g/mol. The molecule has 1 aliphatic heterocycles. The van der Waals surface area contributed by atoms with Crippen molar-refractivity contribution in [2.45, 2.75) is 11.5 Å².